The summed E-state index contributed by atoms with van der Waals surface area (Å²) in [7, 11) is 0. The highest BCUT2D eigenvalue weighted by Gasteiger charge is 2.28. The van der Waals surface area contributed by atoms with E-state index in [2.05, 4.69) is 6.92 Å². The molecular weight excluding hydrogens is 252 g/mol. The lowest BCUT2D eigenvalue weighted by atomic mass is 9.79. The zero-order valence-electron chi connectivity index (χ0n) is 11.4. The van der Waals surface area contributed by atoms with Crippen molar-refractivity contribution in [1.29, 1.82) is 0 Å². The zero-order chi connectivity index (χ0) is 14.1. The average Bonchev–Trinajstić information content (AvgIpc) is 2.37. The average molecular weight is 273 g/mol. The first-order valence-electron chi connectivity index (χ1n) is 6.97. The SMILES string of the molecule is CCCCCCCCOc1ccccc1[B-](F)(F)F. The van der Waals surface area contributed by atoms with E-state index in [1.165, 1.54) is 31.4 Å². The molecule has 0 aliphatic rings. The first-order valence-corrected chi connectivity index (χ1v) is 6.97. The van der Waals surface area contributed by atoms with Crippen LogP contribution in [0.4, 0.5) is 12.9 Å². The Hall–Kier alpha value is -1.13. The van der Waals surface area contributed by atoms with Gasteiger partial charge in [0.2, 0.25) is 0 Å². The Bertz CT molecular complexity index is 366. The fraction of sp³-hybridized carbons (Fsp3) is 0.571. The van der Waals surface area contributed by atoms with Gasteiger partial charge in [0, 0.05) is 0 Å². The van der Waals surface area contributed by atoms with E-state index in [0.29, 0.717) is 6.61 Å². The molecule has 5 heteroatoms. The highest BCUT2D eigenvalue weighted by Crippen LogP contribution is 2.17. The first-order chi connectivity index (χ1) is 9.05. The Kier molecular flexibility index (Phi) is 6.81. The second kappa shape index (κ2) is 8.13. The molecule has 0 N–H and O–H groups in total. The molecule has 1 nitrogen and oxygen atoms in total. The molecule has 0 aliphatic carbocycles. The number of ether oxygens (including phenoxy) is 1. The van der Waals surface area contributed by atoms with Gasteiger partial charge in [-0.3, -0.25) is 0 Å². The van der Waals surface area contributed by atoms with Crippen molar-refractivity contribution >= 4 is 12.4 Å². The molecule has 0 aromatic heterocycles. The van der Waals surface area contributed by atoms with E-state index in [9.17, 15) is 12.9 Å². The minimum Gasteiger partial charge on any atom is -0.497 e. The molecule has 19 heavy (non-hydrogen) atoms. The van der Waals surface area contributed by atoms with Gasteiger partial charge in [0.15, 0.2) is 0 Å². The van der Waals surface area contributed by atoms with E-state index < -0.39 is 12.4 Å². The lowest BCUT2D eigenvalue weighted by Crippen LogP contribution is -2.35. The van der Waals surface area contributed by atoms with Gasteiger partial charge < -0.3 is 17.7 Å². The predicted octanol–water partition coefficient (Wildman–Crippen LogP) is 4.48. The van der Waals surface area contributed by atoms with Crippen LogP contribution >= 0.6 is 0 Å². The summed E-state index contributed by atoms with van der Waals surface area (Å²) >= 11 is 0. The van der Waals surface area contributed by atoms with E-state index in [1.807, 2.05) is 0 Å². The smallest absolute Gasteiger partial charge is 0.497 e. The maximum absolute atomic E-state index is 12.7. The number of hydrogen-bond acceptors (Lipinski definition) is 1. The van der Waals surface area contributed by atoms with Crippen LogP contribution in [0.1, 0.15) is 45.4 Å². The topological polar surface area (TPSA) is 9.23 Å². The van der Waals surface area contributed by atoms with Crippen molar-refractivity contribution in [3.63, 3.8) is 0 Å². The normalized spacial score (nSPS) is 11.6. The molecule has 0 spiro atoms. The summed E-state index contributed by atoms with van der Waals surface area (Å²) in [6.45, 7) is -2.49. The predicted molar refractivity (Wildman–Crippen MR) is 74.0 cm³/mol. The van der Waals surface area contributed by atoms with Crippen LogP contribution in [0.2, 0.25) is 0 Å². The zero-order valence-corrected chi connectivity index (χ0v) is 11.4. The van der Waals surface area contributed by atoms with Crippen LogP contribution in [-0.2, 0) is 0 Å². The van der Waals surface area contributed by atoms with Gasteiger partial charge in [0.1, 0.15) is 0 Å². The molecule has 0 atom stereocenters. The molecule has 108 valence electrons. The van der Waals surface area contributed by atoms with Gasteiger partial charge in [-0.25, -0.2) is 0 Å². The molecule has 1 aromatic rings. The van der Waals surface area contributed by atoms with Crippen LogP contribution in [0.3, 0.4) is 0 Å². The van der Waals surface area contributed by atoms with Gasteiger partial charge in [-0.05, 0) is 12.5 Å². The maximum Gasteiger partial charge on any atom is 0.513 e. The van der Waals surface area contributed by atoms with Crippen LogP contribution in [0.5, 0.6) is 5.75 Å². The Morgan fingerprint density at radius 2 is 1.58 bits per heavy atom. The third-order valence-electron chi connectivity index (χ3n) is 3.03. The van der Waals surface area contributed by atoms with E-state index in [0.717, 1.165) is 25.3 Å². The third kappa shape index (κ3) is 6.03. The van der Waals surface area contributed by atoms with Crippen LogP contribution in [0.15, 0.2) is 24.3 Å². The number of benzene rings is 1. The highest BCUT2D eigenvalue weighted by molar-refractivity contribution is 6.74. The molecule has 1 aromatic carbocycles. The summed E-state index contributed by atoms with van der Waals surface area (Å²) in [5.74, 6) is -0.0384. The molecule has 0 unspecified atom stereocenters. The van der Waals surface area contributed by atoms with Crippen LogP contribution < -0.4 is 10.2 Å². The Balaban J connectivity index is 2.33. The molecule has 0 saturated heterocycles. The van der Waals surface area contributed by atoms with Gasteiger partial charge >= 0.3 is 6.98 Å². The number of unbranched alkanes of at least 4 members (excludes halogenated alkanes) is 5. The summed E-state index contributed by atoms with van der Waals surface area (Å²) in [5, 5.41) is 0. The lowest BCUT2D eigenvalue weighted by Gasteiger charge is -2.19. The van der Waals surface area contributed by atoms with Crippen molar-refractivity contribution in [2.75, 3.05) is 6.61 Å². The number of halogens is 3. The van der Waals surface area contributed by atoms with Gasteiger partial charge in [-0.15, -0.1) is 0 Å². The quantitative estimate of drug-likeness (QED) is 0.476. The fourth-order valence-electron chi connectivity index (χ4n) is 1.95. The van der Waals surface area contributed by atoms with Gasteiger partial charge in [0.25, 0.3) is 0 Å². The van der Waals surface area contributed by atoms with Crippen LogP contribution in [0, 0.1) is 0 Å². The summed E-state index contributed by atoms with van der Waals surface area (Å²) in [4.78, 5) is 0. The van der Waals surface area contributed by atoms with Crippen LogP contribution in [-0.4, -0.2) is 13.6 Å². The molecule has 0 heterocycles. The van der Waals surface area contributed by atoms with Crippen molar-refractivity contribution in [3.05, 3.63) is 24.3 Å². The Labute approximate surface area is 113 Å². The van der Waals surface area contributed by atoms with Gasteiger partial charge in [0.05, 0.1) is 12.4 Å². The monoisotopic (exact) mass is 273 g/mol. The fourth-order valence-corrected chi connectivity index (χ4v) is 1.95. The molecule has 0 bridgehead atoms. The van der Waals surface area contributed by atoms with Crippen LogP contribution in [0.25, 0.3) is 0 Å². The second-order valence-corrected chi connectivity index (χ2v) is 4.73. The van der Waals surface area contributed by atoms with Gasteiger partial charge in [-0.1, -0.05) is 62.7 Å². The summed E-state index contributed by atoms with van der Waals surface area (Å²) in [6, 6.07) is 5.43. The van der Waals surface area contributed by atoms with E-state index in [1.54, 1.807) is 6.07 Å². The summed E-state index contributed by atoms with van der Waals surface area (Å²) < 4.78 is 43.5. The third-order valence-corrected chi connectivity index (χ3v) is 3.03. The van der Waals surface area contributed by atoms with Crippen molar-refractivity contribution in [3.8, 4) is 5.75 Å². The van der Waals surface area contributed by atoms with E-state index in [4.69, 9.17) is 4.74 Å². The number of hydrogen-bond donors (Lipinski definition) is 0. The van der Waals surface area contributed by atoms with Crippen molar-refractivity contribution in [2.24, 2.45) is 0 Å². The molecule has 1 rings (SSSR count). The lowest BCUT2D eigenvalue weighted by molar-refractivity contribution is 0.305. The minimum atomic E-state index is -5.00. The van der Waals surface area contributed by atoms with E-state index in [-0.39, 0.29) is 5.75 Å². The maximum atomic E-state index is 12.7. The first kappa shape index (κ1) is 15.9. The Morgan fingerprint density at radius 3 is 2.26 bits per heavy atom. The van der Waals surface area contributed by atoms with Crippen molar-refractivity contribution < 1.29 is 17.7 Å². The summed E-state index contributed by atoms with van der Waals surface area (Å²) in [5.41, 5.74) is -0.631. The number of rotatable bonds is 9. The molecule has 0 radical (unpaired) electrons. The largest absolute Gasteiger partial charge is 0.513 e. The van der Waals surface area contributed by atoms with Crippen molar-refractivity contribution in [2.45, 2.75) is 45.4 Å². The molecule has 0 saturated carbocycles. The van der Waals surface area contributed by atoms with Crippen molar-refractivity contribution in [1.82, 2.24) is 0 Å². The van der Waals surface area contributed by atoms with Gasteiger partial charge in [-0.2, -0.15) is 0 Å². The molecule has 0 fully saturated rings. The summed E-state index contributed by atoms with van der Waals surface area (Å²) in [6.07, 6.45) is 6.56. The highest BCUT2D eigenvalue weighted by atomic mass is 19.4. The molecule has 0 amide bonds. The Morgan fingerprint density at radius 1 is 0.947 bits per heavy atom. The molecular formula is C14H21BF3O-. The molecule has 0 aliphatic heterocycles. The van der Waals surface area contributed by atoms with E-state index >= 15 is 0 Å². The minimum absolute atomic E-state index is 0.0384. The number of para-hydroxylation sites is 1. The standard InChI is InChI=1S/C14H21BF3O/c1-2-3-4-5-6-9-12-19-14-11-8-7-10-13(14)15(16,17)18/h7-8,10-11H,2-6,9,12H2,1H3/q-1. The second-order valence-electron chi connectivity index (χ2n) is 4.73.